The second-order valence-corrected chi connectivity index (χ2v) is 4.34. The van der Waals surface area contributed by atoms with Crippen LogP contribution in [0.1, 0.15) is 25.3 Å². The molecule has 4 heteroatoms. The molecule has 0 radical (unpaired) electrons. The summed E-state index contributed by atoms with van der Waals surface area (Å²) < 4.78 is 0. The number of hydrogen-bond donors (Lipinski definition) is 2. The van der Waals surface area contributed by atoms with Crippen LogP contribution in [0.4, 0.5) is 0 Å². The summed E-state index contributed by atoms with van der Waals surface area (Å²) in [5.41, 5.74) is -1.01. The maximum atomic E-state index is 9.72. The first-order valence-electron chi connectivity index (χ1n) is 4.35. The van der Waals surface area contributed by atoms with Gasteiger partial charge in [-0.05, 0) is 13.3 Å². The third-order valence-electron chi connectivity index (χ3n) is 2.29. The van der Waals surface area contributed by atoms with Crippen molar-refractivity contribution in [1.29, 1.82) is 0 Å². The maximum Gasteiger partial charge on any atom is 0.0951 e. The van der Waals surface area contributed by atoms with E-state index < -0.39 is 11.7 Å². The molecule has 0 bridgehead atoms. The van der Waals surface area contributed by atoms with Gasteiger partial charge in [0.1, 0.15) is 0 Å². The summed E-state index contributed by atoms with van der Waals surface area (Å²) >= 11 is 1.50. The van der Waals surface area contributed by atoms with Gasteiger partial charge < -0.3 is 10.2 Å². The average Bonchev–Trinajstić information content (AvgIpc) is 2.57. The second kappa shape index (κ2) is 4.17. The number of aliphatic hydroxyl groups excluding tert-OH is 1. The van der Waals surface area contributed by atoms with Crippen molar-refractivity contribution in [1.82, 2.24) is 4.98 Å². The third kappa shape index (κ3) is 2.76. The van der Waals surface area contributed by atoms with Crippen LogP contribution in [-0.2, 0) is 6.42 Å². The Bertz CT molecular complexity index is 246. The summed E-state index contributed by atoms with van der Waals surface area (Å²) in [7, 11) is 0. The molecule has 1 heterocycles. The van der Waals surface area contributed by atoms with Crippen molar-refractivity contribution in [3.63, 3.8) is 0 Å². The van der Waals surface area contributed by atoms with Gasteiger partial charge in [0, 0.05) is 18.0 Å². The predicted octanol–water partition coefficient (Wildman–Crippen LogP) is 1.21. The van der Waals surface area contributed by atoms with Crippen molar-refractivity contribution in [3.05, 3.63) is 16.6 Å². The smallest absolute Gasteiger partial charge is 0.0951 e. The van der Waals surface area contributed by atoms with Gasteiger partial charge in [-0.15, -0.1) is 11.3 Å². The highest BCUT2D eigenvalue weighted by Gasteiger charge is 2.28. The molecule has 0 aliphatic rings. The van der Waals surface area contributed by atoms with Gasteiger partial charge in [0.2, 0.25) is 0 Å². The number of rotatable bonds is 4. The number of hydrogen-bond acceptors (Lipinski definition) is 4. The van der Waals surface area contributed by atoms with Crippen LogP contribution in [0.15, 0.2) is 11.6 Å². The summed E-state index contributed by atoms with van der Waals surface area (Å²) in [6, 6.07) is 0. The van der Waals surface area contributed by atoms with Gasteiger partial charge in [-0.25, -0.2) is 4.98 Å². The summed E-state index contributed by atoms with van der Waals surface area (Å²) in [6.07, 6.45) is 1.94. The van der Waals surface area contributed by atoms with Crippen LogP contribution in [0.3, 0.4) is 0 Å². The van der Waals surface area contributed by atoms with Gasteiger partial charge in [-0.2, -0.15) is 0 Å². The Hall–Kier alpha value is -0.450. The Morgan fingerprint density at radius 3 is 2.85 bits per heavy atom. The lowest BCUT2D eigenvalue weighted by Crippen LogP contribution is -2.39. The predicted molar refractivity (Wildman–Crippen MR) is 52.7 cm³/mol. The van der Waals surface area contributed by atoms with Gasteiger partial charge in [-0.1, -0.05) is 6.92 Å². The number of aromatic nitrogens is 1. The topological polar surface area (TPSA) is 53.4 Å². The minimum atomic E-state index is -1.01. The third-order valence-corrected chi connectivity index (χ3v) is 3.09. The van der Waals surface area contributed by atoms with E-state index >= 15 is 0 Å². The molecular formula is C9H15NO2S. The van der Waals surface area contributed by atoms with Gasteiger partial charge in [0.15, 0.2) is 0 Å². The molecule has 0 aliphatic carbocycles. The Labute approximate surface area is 82.1 Å². The highest BCUT2D eigenvalue weighted by atomic mass is 32.1. The Kier molecular flexibility index (Phi) is 3.41. The molecule has 74 valence electrons. The van der Waals surface area contributed by atoms with Crippen LogP contribution in [0.25, 0.3) is 0 Å². The Morgan fingerprint density at radius 1 is 1.69 bits per heavy atom. The molecule has 1 rings (SSSR count). The van der Waals surface area contributed by atoms with Crippen LogP contribution >= 0.6 is 11.3 Å². The minimum Gasteiger partial charge on any atom is -0.390 e. The molecular weight excluding hydrogens is 186 g/mol. The van der Waals surface area contributed by atoms with Crippen LogP contribution in [0, 0.1) is 0 Å². The molecule has 0 aromatic carbocycles. The number of aliphatic hydroxyl groups is 2. The summed E-state index contributed by atoms with van der Waals surface area (Å²) in [6.45, 7) is 3.50. The van der Waals surface area contributed by atoms with E-state index in [1.165, 1.54) is 11.3 Å². The largest absolute Gasteiger partial charge is 0.390 e. The Balaban J connectivity index is 2.55. The number of nitrogens with zero attached hydrogens (tertiary/aromatic N) is 1. The first-order valence-corrected chi connectivity index (χ1v) is 5.23. The van der Waals surface area contributed by atoms with Gasteiger partial charge in [0.05, 0.1) is 16.7 Å². The first-order chi connectivity index (χ1) is 6.06. The quantitative estimate of drug-likeness (QED) is 0.770. The molecule has 0 spiro atoms. The molecule has 1 aromatic heterocycles. The van der Waals surface area contributed by atoms with E-state index in [0.717, 1.165) is 5.01 Å². The summed E-state index contributed by atoms with van der Waals surface area (Å²) in [5, 5.41) is 22.1. The lowest BCUT2D eigenvalue weighted by Gasteiger charge is -2.26. The molecule has 13 heavy (non-hydrogen) atoms. The zero-order valence-electron chi connectivity index (χ0n) is 7.90. The minimum absolute atomic E-state index is 0.429. The fourth-order valence-corrected chi connectivity index (χ4v) is 1.63. The standard InChI is InChI=1S/C9H15NO2S/c1-3-9(2,12)7(11)6-8-10-4-5-13-8/h4-5,7,11-12H,3,6H2,1-2H3. The van der Waals surface area contributed by atoms with E-state index in [1.807, 2.05) is 12.3 Å². The fourth-order valence-electron chi connectivity index (χ4n) is 0.975. The van der Waals surface area contributed by atoms with Gasteiger partial charge >= 0.3 is 0 Å². The normalized spacial score (nSPS) is 18.2. The van der Waals surface area contributed by atoms with Crippen LogP contribution in [0.2, 0.25) is 0 Å². The monoisotopic (exact) mass is 201 g/mol. The Morgan fingerprint density at radius 2 is 2.38 bits per heavy atom. The molecule has 0 saturated carbocycles. The van der Waals surface area contributed by atoms with Crippen LogP contribution < -0.4 is 0 Å². The lowest BCUT2D eigenvalue weighted by molar-refractivity contribution is -0.0629. The molecule has 3 nitrogen and oxygen atoms in total. The van der Waals surface area contributed by atoms with Crippen molar-refractivity contribution >= 4 is 11.3 Å². The molecule has 0 saturated heterocycles. The molecule has 2 atom stereocenters. The molecule has 0 amide bonds. The molecule has 2 N–H and O–H groups in total. The lowest BCUT2D eigenvalue weighted by atomic mass is 9.94. The van der Waals surface area contributed by atoms with Gasteiger partial charge in [-0.3, -0.25) is 0 Å². The van der Waals surface area contributed by atoms with E-state index in [-0.39, 0.29) is 0 Å². The van der Waals surface area contributed by atoms with Crippen molar-refractivity contribution in [2.45, 2.75) is 38.4 Å². The van der Waals surface area contributed by atoms with E-state index in [4.69, 9.17) is 0 Å². The van der Waals surface area contributed by atoms with E-state index in [0.29, 0.717) is 12.8 Å². The SMILES string of the molecule is CCC(C)(O)C(O)Cc1nccs1. The number of thiazole rings is 1. The van der Waals surface area contributed by atoms with Crippen molar-refractivity contribution in [2.24, 2.45) is 0 Å². The molecule has 0 aliphatic heterocycles. The average molecular weight is 201 g/mol. The van der Waals surface area contributed by atoms with Crippen molar-refractivity contribution in [3.8, 4) is 0 Å². The van der Waals surface area contributed by atoms with E-state index in [2.05, 4.69) is 4.98 Å². The molecule has 2 unspecified atom stereocenters. The zero-order chi connectivity index (χ0) is 9.90. The fraction of sp³-hybridized carbons (Fsp3) is 0.667. The van der Waals surface area contributed by atoms with Gasteiger partial charge in [0.25, 0.3) is 0 Å². The zero-order valence-corrected chi connectivity index (χ0v) is 8.71. The first kappa shape index (κ1) is 10.6. The summed E-state index contributed by atoms with van der Waals surface area (Å²) in [5.74, 6) is 0. The second-order valence-electron chi connectivity index (χ2n) is 3.36. The van der Waals surface area contributed by atoms with Crippen LogP contribution in [0.5, 0.6) is 0 Å². The van der Waals surface area contributed by atoms with Crippen molar-refractivity contribution in [2.75, 3.05) is 0 Å². The van der Waals surface area contributed by atoms with E-state index in [9.17, 15) is 10.2 Å². The summed E-state index contributed by atoms with van der Waals surface area (Å²) in [4.78, 5) is 4.05. The van der Waals surface area contributed by atoms with Crippen LogP contribution in [-0.4, -0.2) is 26.9 Å². The molecule has 0 fully saturated rings. The highest BCUT2D eigenvalue weighted by Crippen LogP contribution is 2.19. The molecule has 1 aromatic rings. The maximum absolute atomic E-state index is 9.72. The highest BCUT2D eigenvalue weighted by molar-refractivity contribution is 7.09. The van der Waals surface area contributed by atoms with E-state index in [1.54, 1.807) is 13.1 Å². The van der Waals surface area contributed by atoms with Crippen molar-refractivity contribution < 1.29 is 10.2 Å².